The molecule has 7 heteroatoms. The van der Waals surface area contributed by atoms with Gasteiger partial charge in [-0.3, -0.25) is 4.79 Å². The SMILES string of the molecule is C#CCOc1c(Cl)cc(/C=N/NC(=O)c2cccs2)cc1OC. The number of amides is 1. The summed E-state index contributed by atoms with van der Waals surface area (Å²) in [6.07, 6.45) is 6.63. The standard InChI is InChI=1S/C16H13ClN2O3S/c1-3-6-22-15-12(17)8-11(9-13(15)21-2)10-18-19-16(20)14-5-4-7-23-14/h1,4-5,7-10H,6H2,2H3,(H,19,20)/b18-10+. The number of terminal acetylenes is 1. The Bertz CT molecular complexity index is 751. The van der Waals surface area contributed by atoms with Crippen molar-refractivity contribution in [3.8, 4) is 23.8 Å². The maximum absolute atomic E-state index is 11.8. The second kappa shape index (κ2) is 8.22. The molecule has 118 valence electrons. The van der Waals surface area contributed by atoms with Gasteiger partial charge in [-0.15, -0.1) is 17.8 Å². The lowest BCUT2D eigenvalue weighted by molar-refractivity contribution is 0.0959. The number of nitrogens with one attached hydrogen (secondary N) is 1. The van der Waals surface area contributed by atoms with Crippen molar-refractivity contribution >= 4 is 35.1 Å². The molecule has 23 heavy (non-hydrogen) atoms. The highest BCUT2D eigenvalue weighted by Gasteiger charge is 2.11. The van der Waals surface area contributed by atoms with E-state index in [0.717, 1.165) is 0 Å². The van der Waals surface area contributed by atoms with Crippen molar-refractivity contribution in [3.63, 3.8) is 0 Å². The largest absolute Gasteiger partial charge is 0.493 e. The van der Waals surface area contributed by atoms with E-state index in [-0.39, 0.29) is 12.5 Å². The van der Waals surface area contributed by atoms with Gasteiger partial charge in [0.25, 0.3) is 5.91 Å². The Hall–Kier alpha value is -2.49. The molecule has 2 aromatic rings. The van der Waals surface area contributed by atoms with Gasteiger partial charge in [0.2, 0.25) is 0 Å². The molecular formula is C16H13ClN2O3S. The molecule has 0 aliphatic carbocycles. The van der Waals surface area contributed by atoms with Crippen molar-refractivity contribution in [2.75, 3.05) is 13.7 Å². The third-order valence-electron chi connectivity index (χ3n) is 2.68. The van der Waals surface area contributed by atoms with Gasteiger partial charge in [-0.05, 0) is 29.1 Å². The van der Waals surface area contributed by atoms with E-state index in [9.17, 15) is 4.79 Å². The predicted molar refractivity (Wildman–Crippen MR) is 91.7 cm³/mol. The van der Waals surface area contributed by atoms with Gasteiger partial charge in [-0.1, -0.05) is 23.6 Å². The quantitative estimate of drug-likeness (QED) is 0.495. The zero-order valence-electron chi connectivity index (χ0n) is 12.2. The van der Waals surface area contributed by atoms with E-state index >= 15 is 0 Å². The van der Waals surface area contributed by atoms with Gasteiger partial charge in [-0.25, -0.2) is 5.43 Å². The van der Waals surface area contributed by atoms with Crippen LogP contribution in [0.5, 0.6) is 11.5 Å². The molecule has 0 atom stereocenters. The second-order valence-electron chi connectivity index (χ2n) is 4.20. The van der Waals surface area contributed by atoms with Gasteiger partial charge in [-0.2, -0.15) is 5.10 Å². The van der Waals surface area contributed by atoms with Gasteiger partial charge in [0, 0.05) is 0 Å². The molecule has 1 heterocycles. The van der Waals surface area contributed by atoms with E-state index in [1.165, 1.54) is 24.7 Å². The van der Waals surface area contributed by atoms with Gasteiger partial charge >= 0.3 is 0 Å². The predicted octanol–water partition coefficient (Wildman–Crippen LogP) is 3.19. The first-order valence-corrected chi connectivity index (χ1v) is 7.72. The van der Waals surface area contributed by atoms with Crippen LogP contribution in [0.25, 0.3) is 0 Å². The molecule has 1 aromatic heterocycles. The molecule has 0 saturated heterocycles. The third-order valence-corrected chi connectivity index (χ3v) is 3.83. The number of hydrogen-bond acceptors (Lipinski definition) is 5. The summed E-state index contributed by atoms with van der Waals surface area (Å²) in [5.41, 5.74) is 3.08. The number of carbonyl (C=O) groups is 1. The van der Waals surface area contributed by atoms with Crippen LogP contribution in [-0.4, -0.2) is 25.8 Å². The van der Waals surface area contributed by atoms with Crippen molar-refractivity contribution in [3.05, 3.63) is 45.1 Å². The summed E-state index contributed by atoms with van der Waals surface area (Å²) in [7, 11) is 1.49. The molecule has 0 aliphatic heterocycles. The molecule has 0 bridgehead atoms. The number of halogens is 1. The van der Waals surface area contributed by atoms with E-state index in [4.69, 9.17) is 27.5 Å². The van der Waals surface area contributed by atoms with E-state index in [1.807, 2.05) is 5.38 Å². The molecule has 0 saturated carbocycles. The minimum Gasteiger partial charge on any atom is -0.493 e. The van der Waals surface area contributed by atoms with Crippen molar-refractivity contribution in [1.82, 2.24) is 5.43 Å². The normalized spacial score (nSPS) is 10.3. The Morgan fingerprint density at radius 2 is 2.39 bits per heavy atom. The summed E-state index contributed by atoms with van der Waals surface area (Å²) < 4.78 is 10.6. The summed E-state index contributed by atoms with van der Waals surface area (Å²) in [6.45, 7) is 0.0837. The first-order valence-electron chi connectivity index (χ1n) is 6.46. The maximum Gasteiger partial charge on any atom is 0.281 e. The lowest BCUT2D eigenvalue weighted by Crippen LogP contribution is -2.16. The third kappa shape index (κ3) is 4.49. The summed E-state index contributed by atoms with van der Waals surface area (Å²) in [4.78, 5) is 12.3. The van der Waals surface area contributed by atoms with Crippen molar-refractivity contribution in [1.29, 1.82) is 0 Å². The molecule has 1 N–H and O–H groups in total. The van der Waals surface area contributed by atoms with Crippen LogP contribution < -0.4 is 14.9 Å². The molecule has 0 radical (unpaired) electrons. The number of benzene rings is 1. The van der Waals surface area contributed by atoms with Crippen LogP contribution in [0, 0.1) is 12.3 Å². The molecule has 5 nitrogen and oxygen atoms in total. The second-order valence-corrected chi connectivity index (χ2v) is 5.56. The molecule has 0 fully saturated rings. The van der Waals surface area contributed by atoms with Crippen LogP contribution >= 0.6 is 22.9 Å². The van der Waals surface area contributed by atoms with Crippen LogP contribution in [0.2, 0.25) is 5.02 Å². The van der Waals surface area contributed by atoms with Crippen LogP contribution in [0.15, 0.2) is 34.7 Å². The van der Waals surface area contributed by atoms with Crippen molar-refractivity contribution in [2.45, 2.75) is 0 Å². The lowest BCUT2D eigenvalue weighted by Gasteiger charge is -2.11. The van der Waals surface area contributed by atoms with E-state index in [0.29, 0.717) is 27.0 Å². The fraction of sp³-hybridized carbons (Fsp3) is 0.125. The Kier molecular flexibility index (Phi) is 6.03. The molecule has 1 amide bonds. The van der Waals surface area contributed by atoms with Crippen LogP contribution in [0.3, 0.4) is 0 Å². The van der Waals surface area contributed by atoms with Gasteiger partial charge in [0.05, 0.1) is 23.2 Å². The fourth-order valence-electron chi connectivity index (χ4n) is 1.70. The Morgan fingerprint density at radius 3 is 3.04 bits per heavy atom. The van der Waals surface area contributed by atoms with Crippen LogP contribution in [0.4, 0.5) is 0 Å². The molecule has 1 aromatic carbocycles. The monoisotopic (exact) mass is 348 g/mol. The zero-order valence-corrected chi connectivity index (χ0v) is 13.8. The van der Waals surface area contributed by atoms with Crippen molar-refractivity contribution < 1.29 is 14.3 Å². The number of ether oxygens (including phenoxy) is 2. The summed E-state index contributed by atoms with van der Waals surface area (Å²) in [5, 5.41) is 6.06. The van der Waals surface area contributed by atoms with Gasteiger partial charge < -0.3 is 9.47 Å². The smallest absolute Gasteiger partial charge is 0.281 e. The minimum atomic E-state index is -0.275. The van der Waals surface area contributed by atoms with Crippen molar-refractivity contribution in [2.24, 2.45) is 5.10 Å². The topological polar surface area (TPSA) is 59.9 Å². The number of nitrogens with zero attached hydrogens (tertiary/aromatic N) is 1. The number of rotatable bonds is 6. The summed E-state index contributed by atoms with van der Waals surface area (Å²) in [6, 6.07) is 6.82. The summed E-state index contributed by atoms with van der Waals surface area (Å²) >= 11 is 7.49. The fourth-order valence-corrected chi connectivity index (χ4v) is 2.58. The Balaban J connectivity index is 2.11. The first kappa shape index (κ1) is 16.9. The number of hydrogen-bond donors (Lipinski definition) is 1. The number of methoxy groups -OCH3 is 1. The zero-order chi connectivity index (χ0) is 16.7. The molecule has 0 aliphatic rings. The van der Waals surface area contributed by atoms with Crippen LogP contribution in [-0.2, 0) is 0 Å². The highest BCUT2D eigenvalue weighted by molar-refractivity contribution is 7.12. The van der Waals surface area contributed by atoms with E-state index < -0.39 is 0 Å². The molecule has 0 unspecified atom stereocenters. The molecular weight excluding hydrogens is 336 g/mol. The van der Waals surface area contributed by atoms with Crippen LogP contribution in [0.1, 0.15) is 15.2 Å². The lowest BCUT2D eigenvalue weighted by atomic mass is 10.2. The number of carbonyl (C=O) groups excluding carboxylic acids is 1. The Morgan fingerprint density at radius 1 is 1.57 bits per heavy atom. The average molecular weight is 349 g/mol. The summed E-state index contributed by atoms with van der Waals surface area (Å²) in [5.74, 6) is 2.88. The maximum atomic E-state index is 11.8. The highest BCUT2D eigenvalue weighted by atomic mass is 35.5. The minimum absolute atomic E-state index is 0.0837. The van der Waals surface area contributed by atoms with Gasteiger partial charge in [0.15, 0.2) is 11.5 Å². The van der Waals surface area contributed by atoms with Gasteiger partial charge in [0.1, 0.15) is 6.61 Å². The van der Waals surface area contributed by atoms with E-state index in [1.54, 1.807) is 24.3 Å². The first-order chi connectivity index (χ1) is 11.2. The average Bonchev–Trinajstić information content (AvgIpc) is 3.08. The van der Waals surface area contributed by atoms with E-state index in [2.05, 4.69) is 16.4 Å². The number of hydrazone groups is 1. The molecule has 0 spiro atoms. The Labute approximate surface area is 142 Å². The number of thiophene rings is 1. The highest BCUT2D eigenvalue weighted by Crippen LogP contribution is 2.35. The molecule has 2 rings (SSSR count).